The number of alkyl carbamates (subject to hydrolysis) is 1. The molecule has 1 rings (SSSR count). The molecule has 0 saturated carbocycles. The number of benzene rings is 1. The molecule has 2 N–H and O–H groups in total. The molecular formula is C21H32N2O5. The largest absolute Gasteiger partial charge is 0.466 e. The number of carbonyl (C=O) groups excluding carboxylic acids is 3. The lowest BCUT2D eigenvalue weighted by molar-refractivity contribution is -0.143. The van der Waals surface area contributed by atoms with E-state index in [0.717, 1.165) is 5.56 Å². The third kappa shape index (κ3) is 10.5. The maximum atomic E-state index is 12.5. The zero-order valence-electron chi connectivity index (χ0n) is 17.2. The molecule has 0 unspecified atom stereocenters. The second-order valence-corrected chi connectivity index (χ2v) is 7.42. The Hall–Kier alpha value is -2.57. The van der Waals surface area contributed by atoms with E-state index in [0.29, 0.717) is 32.4 Å². The number of rotatable bonds is 10. The van der Waals surface area contributed by atoms with Crippen LogP contribution in [0, 0.1) is 0 Å². The van der Waals surface area contributed by atoms with Crippen molar-refractivity contribution in [2.75, 3.05) is 13.2 Å². The average Bonchev–Trinajstić information content (AvgIpc) is 2.61. The second kappa shape index (κ2) is 12.0. The van der Waals surface area contributed by atoms with Crippen molar-refractivity contribution in [2.45, 2.75) is 65.0 Å². The zero-order valence-corrected chi connectivity index (χ0v) is 17.2. The lowest BCUT2D eigenvalue weighted by Crippen LogP contribution is -2.48. The molecule has 28 heavy (non-hydrogen) atoms. The number of ether oxygens (including phenoxy) is 2. The van der Waals surface area contributed by atoms with Gasteiger partial charge >= 0.3 is 12.1 Å². The summed E-state index contributed by atoms with van der Waals surface area (Å²) in [5, 5.41) is 5.42. The molecule has 0 radical (unpaired) electrons. The monoisotopic (exact) mass is 392 g/mol. The van der Waals surface area contributed by atoms with Crippen LogP contribution < -0.4 is 10.6 Å². The molecular weight excluding hydrogens is 360 g/mol. The number of esters is 1. The molecule has 1 aromatic carbocycles. The summed E-state index contributed by atoms with van der Waals surface area (Å²) in [7, 11) is 0. The van der Waals surface area contributed by atoms with E-state index in [4.69, 9.17) is 9.47 Å². The van der Waals surface area contributed by atoms with E-state index in [1.807, 2.05) is 30.3 Å². The summed E-state index contributed by atoms with van der Waals surface area (Å²) in [5.74, 6) is -0.588. The minimum absolute atomic E-state index is 0.238. The van der Waals surface area contributed by atoms with Crippen molar-refractivity contribution in [3.05, 3.63) is 35.9 Å². The van der Waals surface area contributed by atoms with Gasteiger partial charge in [-0.2, -0.15) is 0 Å². The molecule has 0 aliphatic carbocycles. The Kier molecular flexibility index (Phi) is 10.1. The fourth-order valence-electron chi connectivity index (χ4n) is 2.47. The summed E-state index contributed by atoms with van der Waals surface area (Å²) in [5.41, 5.74) is 0.429. The summed E-state index contributed by atoms with van der Waals surface area (Å²) in [4.78, 5) is 36.0. The Labute approximate surface area is 167 Å². The van der Waals surface area contributed by atoms with Gasteiger partial charge in [0.05, 0.1) is 6.61 Å². The molecule has 0 spiro atoms. The number of aryl methyl sites for hydroxylation is 1. The van der Waals surface area contributed by atoms with Gasteiger partial charge in [0, 0.05) is 13.0 Å². The summed E-state index contributed by atoms with van der Waals surface area (Å²) in [6.07, 6.45) is 1.15. The van der Waals surface area contributed by atoms with Crippen LogP contribution in [0.1, 0.15) is 52.5 Å². The van der Waals surface area contributed by atoms with Crippen LogP contribution in [0.15, 0.2) is 30.3 Å². The van der Waals surface area contributed by atoms with Crippen LogP contribution in [-0.4, -0.2) is 42.8 Å². The van der Waals surface area contributed by atoms with E-state index in [2.05, 4.69) is 10.6 Å². The molecule has 0 saturated heterocycles. The first kappa shape index (κ1) is 23.5. The van der Waals surface area contributed by atoms with Gasteiger partial charge in [-0.3, -0.25) is 9.59 Å². The molecule has 7 nitrogen and oxygen atoms in total. The summed E-state index contributed by atoms with van der Waals surface area (Å²) >= 11 is 0. The van der Waals surface area contributed by atoms with Crippen molar-refractivity contribution in [3.8, 4) is 0 Å². The van der Waals surface area contributed by atoms with Gasteiger partial charge in [0.15, 0.2) is 0 Å². The Morgan fingerprint density at radius 1 is 1.11 bits per heavy atom. The molecule has 0 aliphatic rings. The van der Waals surface area contributed by atoms with Crippen LogP contribution in [0.3, 0.4) is 0 Å². The maximum Gasteiger partial charge on any atom is 0.408 e. The van der Waals surface area contributed by atoms with E-state index in [-0.39, 0.29) is 18.3 Å². The maximum absolute atomic E-state index is 12.5. The highest BCUT2D eigenvalue weighted by Gasteiger charge is 2.24. The standard InChI is InChI=1S/C21H32N2O5/c1-5-27-18(24)12-9-15-22-19(25)17(23-20(26)28-21(2,3)4)14-13-16-10-7-6-8-11-16/h6-8,10-11,17H,5,9,12-15H2,1-4H3,(H,22,25)(H,23,26)/t17-/m0/s1. The number of amides is 2. The second-order valence-electron chi connectivity index (χ2n) is 7.42. The van der Waals surface area contributed by atoms with Crippen molar-refractivity contribution in [1.82, 2.24) is 10.6 Å². The first-order valence-electron chi connectivity index (χ1n) is 9.68. The third-order valence-corrected chi connectivity index (χ3v) is 3.73. The van der Waals surface area contributed by atoms with Gasteiger partial charge in [-0.05, 0) is 52.5 Å². The predicted octanol–water partition coefficient (Wildman–Crippen LogP) is 2.97. The lowest BCUT2D eigenvalue weighted by Gasteiger charge is -2.23. The smallest absolute Gasteiger partial charge is 0.408 e. The molecule has 0 bridgehead atoms. The fourth-order valence-corrected chi connectivity index (χ4v) is 2.47. The summed E-state index contributed by atoms with van der Waals surface area (Å²) in [6, 6.07) is 9.01. The Balaban J connectivity index is 2.58. The minimum atomic E-state index is -0.724. The van der Waals surface area contributed by atoms with Crippen LogP contribution in [0.4, 0.5) is 4.79 Å². The number of carbonyl (C=O) groups is 3. The van der Waals surface area contributed by atoms with Gasteiger partial charge in [0.2, 0.25) is 5.91 Å². The highest BCUT2D eigenvalue weighted by atomic mass is 16.6. The number of nitrogens with one attached hydrogen (secondary N) is 2. The normalized spacial score (nSPS) is 12.0. The minimum Gasteiger partial charge on any atom is -0.466 e. The van der Waals surface area contributed by atoms with Gasteiger partial charge in [0.1, 0.15) is 11.6 Å². The molecule has 156 valence electrons. The molecule has 0 fully saturated rings. The van der Waals surface area contributed by atoms with Crippen LogP contribution in [0.2, 0.25) is 0 Å². The average molecular weight is 392 g/mol. The van der Waals surface area contributed by atoms with Crippen molar-refractivity contribution in [2.24, 2.45) is 0 Å². The van der Waals surface area contributed by atoms with E-state index in [1.165, 1.54) is 0 Å². The van der Waals surface area contributed by atoms with Crippen LogP contribution in [0.25, 0.3) is 0 Å². The highest BCUT2D eigenvalue weighted by molar-refractivity contribution is 5.85. The first-order valence-corrected chi connectivity index (χ1v) is 9.68. The van der Waals surface area contributed by atoms with Crippen molar-refractivity contribution >= 4 is 18.0 Å². The fraction of sp³-hybridized carbons (Fsp3) is 0.571. The van der Waals surface area contributed by atoms with E-state index in [9.17, 15) is 14.4 Å². The van der Waals surface area contributed by atoms with Crippen molar-refractivity contribution in [1.29, 1.82) is 0 Å². The number of hydrogen-bond donors (Lipinski definition) is 2. The van der Waals surface area contributed by atoms with Gasteiger partial charge in [-0.25, -0.2) is 4.79 Å². The molecule has 0 aromatic heterocycles. The molecule has 0 aliphatic heterocycles. The van der Waals surface area contributed by atoms with Gasteiger partial charge < -0.3 is 20.1 Å². The van der Waals surface area contributed by atoms with Gasteiger partial charge in [-0.1, -0.05) is 30.3 Å². The highest BCUT2D eigenvalue weighted by Crippen LogP contribution is 2.09. The third-order valence-electron chi connectivity index (χ3n) is 3.73. The predicted molar refractivity (Wildman–Crippen MR) is 107 cm³/mol. The molecule has 1 atom stereocenters. The Bertz CT molecular complexity index is 625. The number of hydrogen-bond acceptors (Lipinski definition) is 5. The quantitative estimate of drug-likeness (QED) is 0.472. The molecule has 7 heteroatoms. The van der Waals surface area contributed by atoms with E-state index in [1.54, 1.807) is 27.7 Å². The SMILES string of the molecule is CCOC(=O)CCCNC(=O)[C@H](CCc1ccccc1)NC(=O)OC(C)(C)C. The Morgan fingerprint density at radius 2 is 1.79 bits per heavy atom. The topological polar surface area (TPSA) is 93.7 Å². The van der Waals surface area contributed by atoms with Gasteiger partial charge in [-0.15, -0.1) is 0 Å². The molecule has 1 aromatic rings. The van der Waals surface area contributed by atoms with E-state index >= 15 is 0 Å². The summed E-state index contributed by atoms with van der Waals surface area (Å²) in [6.45, 7) is 7.71. The Morgan fingerprint density at radius 3 is 2.39 bits per heavy atom. The van der Waals surface area contributed by atoms with E-state index < -0.39 is 17.7 Å². The zero-order chi connectivity index (χ0) is 21.0. The van der Waals surface area contributed by atoms with Crippen molar-refractivity contribution < 1.29 is 23.9 Å². The van der Waals surface area contributed by atoms with Crippen LogP contribution >= 0.6 is 0 Å². The first-order chi connectivity index (χ1) is 13.2. The lowest BCUT2D eigenvalue weighted by atomic mass is 10.0. The van der Waals surface area contributed by atoms with Crippen LogP contribution in [-0.2, 0) is 25.5 Å². The van der Waals surface area contributed by atoms with Crippen LogP contribution in [0.5, 0.6) is 0 Å². The molecule has 2 amide bonds. The summed E-state index contributed by atoms with van der Waals surface area (Å²) < 4.78 is 10.1. The van der Waals surface area contributed by atoms with Crippen molar-refractivity contribution in [3.63, 3.8) is 0 Å². The molecule has 0 heterocycles. The van der Waals surface area contributed by atoms with Gasteiger partial charge in [0.25, 0.3) is 0 Å².